The molecule has 4 heteroatoms. The summed E-state index contributed by atoms with van der Waals surface area (Å²) in [6, 6.07) is 7.94. The molecule has 0 atom stereocenters. The number of rotatable bonds is 2. The SMILES string of the molecule is COC(=O)Cc1c(C)nc2ccccc2c1I. The molecular formula is C13H12INO2. The molecule has 0 radical (unpaired) electrons. The Morgan fingerprint density at radius 1 is 1.41 bits per heavy atom. The molecule has 0 unspecified atom stereocenters. The van der Waals surface area contributed by atoms with Gasteiger partial charge >= 0.3 is 5.97 Å². The number of carbonyl (C=O) groups is 1. The van der Waals surface area contributed by atoms with Gasteiger partial charge < -0.3 is 4.74 Å². The second-order valence-corrected chi connectivity index (χ2v) is 4.84. The van der Waals surface area contributed by atoms with Gasteiger partial charge in [0, 0.05) is 14.7 Å². The quantitative estimate of drug-likeness (QED) is 0.623. The van der Waals surface area contributed by atoms with Crippen LogP contribution in [0.1, 0.15) is 11.3 Å². The lowest BCUT2D eigenvalue weighted by molar-refractivity contribution is -0.139. The molecular weight excluding hydrogens is 329 g/mol. The number of aromatic nitrogens is 1. The van der Waals surface area contributed by atoms with E-state index >= 15 is 0 Å². The average Bonchev–Trinajstić information content (AvgIpc) is 2.34. The lowest BCUT2D eigenvalue weighted by atomic mass is 10.1. The molecule has 1 aromatic heterocycles. The van der Waals surface area contributed by atoms with E-state index in [0.29, 0.717) is 0 Å². The van der Waals surface area contributed by atoms with Crippen LogP contribution in [0.5, 0.6) is 0 Å². The first-order valence-corrected chi connectivity index (χ1v) is 6.32. The van der Waals surface area contributed by atoms with E-state index in [-0.39, 0.29) is 12.4 Å². The standard InChI is InChI=1S/C13H12INO2/c1-8-10(7-12(16)17-2)13(14)9-5-3-4-6-11(9)15-8/h3-6H,7H2,1-2H3. The molecule has 0 aliphatic heterocycles. The van der Waals surface area contributed by atoms with Crippen LogP contribution in [-0.4, -0.2) is 18.1 Å². The highest BCUT2D eigenvalue weighted by Gasteiger charge is 2.13. The van der Waals surface area contributed by atoms with E-state index in [9.17, 15) is 4.79 Å². The molecule has 0 saturated heterocycles. The van der Waals surface area contributed by atoms with Crippen molar-refractivity contribution in [2.45, 2.75) is 13.3 Å². The summed E-state index contributed by atoms with van der Waals surface area (Å²) in [6.45, 7) is 1.92. The van der Waals surface area contributed by atoms with Crippen LogP contribution in [0.25, 0.3) is 10.9 Å². The van der Waals surface area contributed by atoms with Crippen molar-refractivity contribution in [1.82, 2.24) is 4.98 Å². The summed E-state index contributed by atoms with van der Waals surface area (Å²) in [5, 5.41) is 1.08. The molecule has 0 N–H and O–H groups in total. The molecule has 0 fully saturated rings. The molecule has 1 aromatic carbocycles. The number of para-hydroxylation sites is 1. The predicted molar refractivity (Wildman–Crippen MR) is 74.9 cm³/mol. The first-order valence-electron chi connectivity index (χ1n) is 5.24. The molecule has 0 bridgehead atoms. The zero-order valence-corrected chi connectivity index (χ0v) is 11.8. The van der Waals surface area contributed by atoms with Gasteiger partial charge in [-0.25, -0.2) is 0 Å². The van der Waals surface area contributed by atoms with E-state index in [1.165, 1.54) is 7.11 Å². The fraction of sp³-hybridized carbons (Fsp3) is 0.231. The number of carbonyl (C=O) groups excluding carboxylic acids is 1. The third-order valence-electron chi connectivity index (χ3n) is 2.68. The van der Waals surface area contributed by atoms with Gasteiger partial charge in [0.2, 0.25) is 0 Å². The summed E-state index contributed by atoms with van der Waals surface area (Å²) < 4.78 is 5.79. The lowest BCUT2D eigenvalue weighted by Crippen LogP contribution is -2.09. The molecule has 3 nitrogen and oxygen atoms in total. The maximum Gasteiger partial charge on any atom is 0.310 e. The van der Waals surface area contributed by atoms with Gasteiger partial charge in [0.05, 0.1) is 19.0 Å². The van der Waals surface area contributed by atoms with Crippen molar-refractivity contribution in [2.24, 2.45) is 0 Å². The first kappa shape index (κ1) is 12.3. The van der Waals surface area contributed by atoms with Crippen LogP contribution < -0.4 is 0 Å². The van der Waals surface area contributed by atoms with Gasteiger partial charge in [-0.1, -0.05) is 18.2 Å². The van der Waals surface area contributed by atoms with Crippen molar-refractivity contribution in [3.63, 3.8) is 0 Å². The van der Waals surface area contributed by atoms with Crippen molar-refractivity contribution in [3.05, 3.63) is 39.1 Å². The number of benzene rings is 1. The Kier molecular flexibility index (Phi) is 3.61. The summed E-state index contributed by atoms with van der Waals surface area (Å²) in [4.78, 5) is 15.9. The third-order valence-corrected chi connectivity index (χ3v) is 3.91. The van der Waals surface area contributed by atoms with Crippen LogP contribution in [0, 0.1) is 10.5 Å². The number of fused-ring (bicyclic) bond motifs is 1. The minimum atomic E-state index is -0.233. The van der Waals surface area contributed by atoms with E-state index < -0.39 is 0 Å². The van der Waals surface area contributed by atoms with E-state index in [4.69, 9.17) is 4.74 Å². The minimum Gasteiger partial charge on any atom is -0.469 e. The van der Waals surface area contributed by atoms with Gasteiger partial charge in [0.25, 0.3) is 0 Å². The topological polar surface area (TPSA) is 39.2 Å². The molecule has 2 rings (SSSR count). The highest BCUT2D eigenvalue weighted by Crippen LogP contribution is 2.25. The zero-order chi connectivity index (χ0) is 12.4. The average molecular weight is 341 g/mol. The van der Waals surface area contributed by atoms with Gasteiger partial charge in [0.1, 0.15) is 0 Å². The Bertz CT molecular complexity index is 581. The zero-order valence-electron chi connectivity index (χ0n) is 9.66. The van der Waals surface area contributed by atoms with E-state index in [2.05, 4.69) is 27.6 Å². The van der Waals surface area contributed by atoms with E-state index in [0.717, 1.165) is 25.7 Å². The van der Waals surface area contributed by atoms with Crippen LogP contribution in [0.15, 0.2) is 24.3 Å². The molecule has 1 heterocycles. The molecule has 17 heavy (non-hydrogen) atoms. The highest BCUT2D eigenvalue weighted by molar-refractivity contribution is 14.1. The normalized spacial score (nSPS) is 10.5. The lowest BCUT2D eigenvalue weighted by Gasteiger charge is -2.10. The minimum absolute atomic E-state index is 0.233. The maximum atomic E-state index is 11.4. The Labute approximate surface area is 113 Å². The van der Waals surface area contributed by atoms with E-state index in [1.807, 2.05) is 31.2 Å². The molecule has 0 aliphatic rings. The van der Waals surface area contributed by atoms with Crippen LogP contribution in [0.3, 0.4) is 0 Å². The monoisotopic (exact) mass is 341 g/mol. The third kappa shape index (κ3) is 2.41. The first-order chi connectivity index (χ1) is 8.13. The number of ether oxygens (including phenoxy) is 1. The Morgan fingerprint density at radius 3 is 2.82 bits per heavy atom. The Morgan fingerprint density at radius 2 is 2.12 bits per heavy atom. The highest BCUT2D eigenvalue weighted by atomic mass is 127. The molecule has 88 valence electrons. The number of hydrogen-bond acceptors (Lipinski definition) is 3. The van der Waals surface area contributed by atoms with Crippen LogP contribution in [-0.2, 0) is 16.0 Å². The molecule has 0 spiro atoms. The molecule has 0 amide bonds. The fourth-order valence-electron chi connectivity index (χ4n) is 1.75. The van der Waals surface area contributed by atoms with Gasteiger partial charge in [-0.15, -0.1) is 0 Å². The van der Waals surface area contributed by atoms with E-state index in [1.54, 1.807) is 0 Å². The van der Waals surface area contributed by atoms with Gasteiger partial charge in [0.15, 0.2) is 0 Å². The summed E-state index contributed by atoms with van der Waals surface area (Å²) in [7, 11) is 1.40. The van der Waals surface area contributed by atoms with Crippen molar-refractivity contribution in [1.29, 1.82) is 0 Å². The van der Waals surface area contributed by atoms with Gasteiger partial charge in [-0.3, -0.25) is 9.78 Å². The smallest absolute Gasteiger partial charge is 0.310 e. The van der Waals surface area contributed by atoms with Crippen LogP contribution in [0.4, 0.5) is 0 Å². The number of esters is 1. The Hall–Kier alpha value is -1.17. The summed E-state index contributed by atoms with van der Waals surface area (Å²) >= 11 is 2.27. The van der Waals surface area contributed by atoms with Crippen molar-refractivity contribution in [2.75, 3.05) is 7.11 Å². The summed E-state index contributed by atoms with van der Waals surface area (Å²) in [6.07, 6.45) is 0.276. The molecule has 2 aromatic rings. The van der Waals surface area contributed by atoms with Crippen LogP contribution >= 0.6 is 22.6 Å². The van der Waals surface area contributed by atoms with Gasteiger partial charge in [-0.2, -0.15) is 0 Å². The predicted octanol–water partition coefficient (Wildman–Crippen LogP) is 2.86. The summed E-state index contributed by atoms with van der Waals surface area (Å²) in [5.41, 5.74) is 2.80. The number of nitrogens with zero attached hydrogens (tertiary/aromatic N) is 1. The second kappa shape index (κ2) is 5.00. The van der Waals surface area contributed by atoms with Crippen LogP contribution in [0.2, 0.25) is 0 Å². The number of methoxy groups -OCH3 is 1. The van der Waals surface area contributed by atoms with Crippen molar-refractivity contribution < 1.29 is 9.53 Å². The number of halogens is 1. The summed E-state index contributed by atoms with van der Waals surface area (Å²) in [5.74, 6) is -0.233. The number of aryl methyl sites for hydroxylation is 1. The van der Waals surface area contributed by atoms with Crippen molar-refractivity contribution >= 4 is 39.5 Å². The van der Waals surface area contributed by atoms with Gasteiger partial charge in [-0.05, 0) is 41.1 Å². The molecule has 0 aliphatic carbocycles. The number of hydrogen-bond donors (Lipinski definition) is 0. The Balaban J connectivity index is 2.59. The second-order valence-electron chi connectivity index (χ2n) is 3.76. The largest absolute Gasteiger partial charge is 0.469 e. The maximum absolute atomic E-state index is 11.4. The van der Waals surface area contributed by atoms with Crippen molar-refractivity contribution in [3.8, 4) is 0 Å². The molecule has 0 saturated carbocycles. The fourth-order valence-corrected chi connectivity index (χ4v) is 2.79. The number of pyridine rings is 1.